The van der Waals surface area contributed by atoms with Crippen molar-refractivity contribution in [2.45, 2.75) is 20.8 Å². The highest BCUT2D eigenvalue weighted by Gasteiger charge is 1.62. The van der Waals surface area contributed by atoms with E-state index in [0.29, 0.717) is 5.71 Å². The van der Waals surface area contributed by atoms with E-state index in [4.69, 9.17) is 5.41 Å². The van der Waals surface area contributed by atoms with Gasteiger partial charge in [-0.2, -0.15) is 0 Å². The van der Waals surface area contributed by atoms with E-state index >= 15 is 0 Å². The maximum Gasteiger partial charge on any atom is 0.0277 e. The Kier molecular flexibility index (Phi) is 12.5. The average molecular weight is 99.2 g/mol. The van der Waals surface area contributed by atoms with Crippen molar-refractivity contribution < 1.29 is 0 Å². The average Bonchev–Trinajstić information content (AvgIpc) is 1.73. The quantitative estimate of drug-likeness (QED) is 0.487. The van der Waals surface area contributed by atoms with Crippen molar-refractivity contribution in [2.75, 3.05) is 0 Å². The molecule has 0 atom stereocenters. The van der Waals surface area contributed by atoms with E-state index in [0.717, 1.165) is 0 Å². The molecule has 0 amide bonds. The predicted molar refractivity (Wildman–Crippen MR) is 34.9 cm³/mol. The Hall–Kier alpha value is -0.590. The second kappa shape index (κ2) is 9.05. The zero-order valence-electron chi connectivity index (χ0n) is 5.28. The van der Waals surface area contributed by atoms with Gasteiger partial charge in [0.2, 0.25) is 0 Å². The van der Waals surface area contributed by atoms with Crippen LogP contribution in [0.4, 0.5) is 0 Å². The van der Waals surface area contributed by atoms with Gasteiger partial charge in [0.05, 0.1) is 0 Å². The Morgan fingerprint density at radius 1 is 1.57 bits per heavy atom. The highest BCUT2D eigenvalue weighted by atomic mass is 14.4. The van der Waals surface area contributed by atoms with Crippen LogP contribution in [0.2, 0.25) is 0 Å². The van der Waals surface area contributed by atoms with Crippen LogP contribution in [0.25, 0.3) is 0 Å². The first kappa shape index (κ1) is 9.65. The molecule has 1 N–H and O–H groups in total. The molecule has 0 rings (SSSR count). The zero-order chi connectivity index (χ0) is 6.28. The molecule has 0 saturated heterocycles. The number of hydrogen-bond acceptors (Lipinski definition) is 1. The summed E-state index contributed by atoms with van der Waals surface area (Å²) in [6, 6.07) is 0. The molecule has 1 heteroatoms. The van der Waals surface area contributed by atoms with Crippen molar-refractivity contribution in [3.63, 3.8) is 0 Å². The van der Waals surface area contributed by atoms with Gasteiger partial charge in [-0.15, -0.1) is 0 Å². The standard InChI is InChI=1S/C4H7N.C2H6/c1-3-4(2)5;1-2/h3,5H,1H2,2H3;1-2H3. The first-order valence-corrected chi connectivity index (χ1v) is 2.45. The van der Waals surface area contributed by atoms with E-state index in [1.54, 1.807) is 6.92 Å². The Morgan fingerprint density at radius 3 is 1.71 bits per heavy atom. The van der Waals surface area contributed by atoms with Crippen molar-refractivity contribution in [1.82, 2.24) is 0 Å². The van der Waals surface area contributed by atoms with Crippen LogP contribution in [-0.2, 0) is 0 Å². The van der Waals surface area contributed by atoms with Crippen molar-refractivity contribution in [2.24, 2.45) is 0 Å². The summed E-state index contributed by atoms with van der Waals surface area (Å²) < 4.78 is 0. The molecule has 0 saturated carbocycles. The van der Waals surface area contributed by atoms with Crippen molar-refractivity contribution in [3.8, 4) is 0 Å². The largest absolute Gasteiger partial charge is 0.306 e. The third-order valence-corrected chi connectivity index (χ3v) is 0.306. The minimum Gasteiger partial charge on any atom is -0.306 e. The molecule has 0 aromatic rings. The molecule has 0 radical (unpaired) electrons. The molecular weight excluding hydrogens is 86.1 g/mol. The summed E-state index contributed by atoms with van der Waals surface area (Å²) >= 11 is 0. The molecule has 0 fully saturated rings. The Morgan fingerprint density at radius 2 is 1.71 bits per heavy atom. The van der Waals surface area contributed by atoms with Crippen molar-refractivity contribution >= 4 is 5.71 Å². The third kappa shape index (κ3) is 31.6. The summed E-state index contributed by atoms with van der Waals surface area (Å²) in [5, 5.41) is 6.62. The summed E-state index contributed by atoms with van der Waals surface area (Å²) in [5.41, 5.74) is 0.519. The summed E-state index contributed by atoms with van der Waals surface area (Å²) in [7, 11) is 0. The molecular formula is C6H13N. The molecule has 0 aromatic heterocycles. The maximum atomic E-state index is 6.62. The minimum absolute atomic E-state index is 0.519. The fourth-order valence-corrected chi connectivity index (χ4v) is 0. The fraction of sp³-hybridized carbons (Fsp3) is 0.500. The van der Waals surface area contributed by atoms with Crippen LogP contribution in [0.1, 0.15) is 20.8 Å². The Labute approximate surface area is 45.6 Å². The van der Waals surface area contributed by atoms with Gasteiger partial charge in [-0.05, 0) is 13.0 Å². The minimum atomic E-state index is 0.519. The molecule has 7 heavy (non-hydrogen) atoms. The van der Waals surface area contributed by atoms with Gasteiger partial charge in [-0.1, -0.05) is 20.4 Å². The molecule has 1 nitrogen and oxygen atoms in total. The van der Waals surface area contributed by atoms with Crippen LogP contribution in [-0.4, -0.2) is 5.71 Å². The molecule has 0 aliphatic rings. The van der Waals surface area contributed by atoms with Gasteiger partial charge in [-0.25, -0.2) is 0 Å². The monoisotopic (exact) mass is 99.1 g/mol. The lowest BCUT2D eigenvalue weighted by Gasteiger charge is -1.69. The van der Waals surface area contributed by atoms with Gasteiger partial charge < -0.3 is 5.41 Å². The predicted octanol–water partition coefficient (Wildman–Crippen LogP) is 2.24. The summed E-state index contributed by atoms with van der Waals surface area (Å²) in [5.74, 6) is 0. The second-order valence-electron chi connectivity index (χ2n) is 0.887. The van der Waals surface area contributed by atoms with Gasteiger partial charge in [0.25, 0.3) is 0 Å². The van der Waals surface area contributed by atoms with Crippen LogP contribution in [0, 0.1) is 5.41 Å². The molecule has 0 spiro atoms. The van der Waals surface area contributed by atoms with Gasteiger partial charge in [-0.3, -0.25) is 0 Å². The van der Waals surface area contributed by atoms with Crippen LogP contribution in [0.15, 0.2) is 12.7 Å². The van der Waals surface area contributed by atoms with Crippen molar-refractivity contribution in [3.05, 3.63) is 12.7 Å². The van der Waals surface area contributed by atoms with Crippen LogP contribution in [0.5, 0.6) is 0 Å². The Bertz CT molecular complexity index is 55.2. The molecule has 42 valence electrons. The smallest absolute Gasteiger partial charge is 0.0277 e. The SMILES string of the molecule is C=CC(C)=N.CC. The molecule has 0 aromatic carbocycles. The summed E-state index contributed by atoms with van der Waals surface area (Å²) in [4.78, 5) is 0. The maximum absolute atomic E-state index is 6.62. The van der Waals surface area contributed by atoms with E-state index in [1.807, 2.05) is 13.8 Å². The first-order valence-electron chi connectivity index (χ1n) is 2.45. The Balaban J connectivity index is 0. The van der Waals surface area contributed by atoms with E-state index in [1.165, 1.54) is 6.08 Å². The molecule has 0 heterocycles. The lowest BCUT2D eigenvalue weighted by Crippen LogP contribution is -1.72. The lowest BCUT2D eigenvalue weighted by molar-refractivity contribution is 1.50. The number of nitrogens with one attached hydrogen (secondary N) is 1. The van der Waals surface area contributed by atoms with E-state index < -0.39 is 0 Å². The number of hydrogen-bond donors (Lipinski definition) is 1. The van der Waals surface area contributed by atoms with Crippen LogP contribution < -0.4 is 0 Å². The number of rotatable bonds is 1. The van der Waals surface area contributed by atoms with E-state index in [2.05, 4.69) is 6.58 Å². The van der Waals surface area contributed by atoms with Gasteiger partial charge in [0.1, 0.15) is 0 Å². The van der Waals surface area contributed by atoms with Gasteiger partial charge in [0, 0.05) is 5.71 Å². The topological polar surface area (TPSA) is 23.9 Å². The lowest BCUT2D eigenvalue weighted by atomic mass is 10.4. The van der Waals surface area contributed by atoms with Gasteiger partial charge >= 0.3 is 0 Å². The van der Waals surface area contributed by atoms with Crippen LogP contribution in [0.3, 0.4) is 0 Å². The van der Waals surface area contributed by atoms with E-state index in [-0.39, 0.29) is 0 Å². The molecule has 0 unspecified atom stereocenters. The normalized spacial score (nSPS) is 5.57. The highest BCUT2D eigenvalue weighted by Crippen LogP contribution is 1.62. The fourth-order valence-electron chi connectivity index (χ4n) is 0. The third-order valence-electron chi connectivity index (χ3n) is 0.306. The molecule has 0 aliphatic heterocycles. The van der Waals surface area contributed by atoms with Crippen LogP contribution >= 0.6 is 0 Å². The van der Waals surface area contributed by atoms with Crippen molar-refractivity contribution in [1.29, 1.82) is 5.41 Å². The zero-order valence-corrected chi connectivity index (χ0v) is 5.28. The molecule has 0 bridgehead atoms. The summed E-state index contributed by atoms with van der Waals surface area (Å²) in [6.07, 6.45) is 1.50. The van der Waals surface area contributed by atoms with Gasteiger partial charge in [0.15, 0.2) is 0 Å². The molecule has 0 aliphatic carbocycles. The summed E-state index contributed by atoms with van der Waals surface area (Å²) in [6.45, 7) is 9.02. The second-order valence-corrected chi connectivity index (χ2v) is 0.887. The number of allylic oxidation sites excluding steroid dienone is 1. The first-order chi connectivity index (χ1) is 3.27. The van der Waals surface area contributed by atoms with E-state index in [9.17, 15) is 0 Å². The highest BCUT2D eigenvalue weighted by molar-refractivity contribution is 5.89.